The summed E-state index contributed by atoms with van der Waals surface area (Å²) in [5, 5.41) is 11.8. The number of rotatable bonds is 2. The number of hydrogen-bond acceptors (Lipinski definition) is 5. The third-order valence-corrected chi connectivity index (χ3v) is 9.99. The molecule has 4 aliphatic carbocycles. The van der Waals surface area contributed by atoms with Gasteiger partial charge in [0.1, 0.15) is 11.9 Å². The molecule has 0 unspecified atom stereocenters. The quantitative estimate of drug-likeness (QED) is 0.515. The van der Waals surface area contributed by atoms with E-state index in [0.717, 1.165) is 25.7 Å². The first kappa shape index (κ1) is 21.9. The van der Waals surface area contributed by atoms with Crippen LogP contribution in [-0.4, -0.2) is 29.1 Å². The highest BCUT2D eigenvalue weighted by Gasteiger charge is 2.67. The molecule has 5 heteroatoms. The van der Waals surface area contributed by atoms with Gasteiger partial charge in [-0.05, 0) is 60.0 Å². The summed E-state index contributed by atoms with van der Waals surface area (Å²) in [6, 6.07) is 2.06. The van der Waals surface area contributed by atoms with Crippen molar-refractivity contribution >= 4 is 11.8 Å². The lowest BCUT2D eigenvalue weighted by Gasteiger charge is -2.65. The van der Waals surface area contributed by atoms with Crippen LogP contribution in [0, 0.1) is 34.0 Å². The first-order valence-electron chi connectivity index (χ1n) is 12.1. The van der Waals surface area contributed by atoms with Crippen molar-refractivity contribution in [3.05, 3.63) is 35.8 Å². The molecule has 0 radical (unpaired) electrons. The third-order valence-electron chi connectivity index (χ3n) is 9.99. The number of aliphatic hydroxyl groups excluding tert-OH is 1. The Hall–Kier alpha value is -1.88. The molecule has 3 saturated carbocycles. The van der Waals surface area contributed by atoms with Crippen molar-refractivity contribution in [2.75, 3.05) is 0 Å². The number of allylic oxidation sites excluding steroid dienone is 1. The van der Waals surface area contributed by atoms with Gasteiger partial charge in [0.05, 0.1) is 18.6 Å². The molecule has 0 saturated heterocycles. The lowest BCUT2D eigenvalue weighted by molar-refractivity contribution is -0.223. The van der Waals surface area contributed by atoms with Crippen molar-refractivity contribution in [2.24, 2.45) is 34.0 Å². The van der Waals surface area contributed by atoms with Gasteiger partial charge in [0, 0.05) is 30.6 Å². The number of aliphatic hydroxyl groups is 1. The Kier molecular flexibility index (Phi) is 4.84. The zero-order valence-electron chi connectivity index (χ0n) is 19.9. The Morgan fingerprint density at radius 3 is 2.62 bits per heavy atom. The van der Waals surface area contributed by atoms with Crippen LogP contribution in [0.25, 0.3) is 0 Å². The average molecular weight is 441 g/mol. The molecular formula is C27H36O5. The summed E-state index contributed by atoms with van der Waals surface area (Å²) in [5.41, 5.74) is 1.68. The molecule has 3 fully saturated rings. The predicted octanol–water partition coefficient (Wildman–Crippen LogP) is 5.04. The summed E-state index contributed by atoms with van der Waals surface area (Å²) in [4.78, 5) is 25.1. The van der Waals surface area contributed by atoms with E-state index in [1.165, 1.54) is 18.1 Å². The molecule has 174 valence electrons. The van der Waals surface area contributed by atoms with Gasteiger partial charge >= 0.3 is 5.97 Å². The third kappa shape index (κ3) is 2.79. The monoisotopic (exact) mass is 440 g/mol. The highest BCUT2D eigenvalue weighted by atomic mass is 16.6. The molecule has 5 nitrogen and oxygen atoms in total. The van der Waals surface area contributed by atoms with Crippen molar-refractivity contribution in [3.63, 3.8) is 0 Å². The van der Waals surface area contributed by atoms with Gasteiger partial charge in [-0.3, -0.25) is 9.59 Å². The Labute approximate surface area is 190 Å². The molecule has 32 heavy (non-hydrogen) atoms. The van der Waals surface area contributed by atoms with Crippen LogP contribution in [0.4, 0.5) is 0 Å². The van der Waals surface area contributed by atoms with Crippen LogP contribution < -0.4 is 0 Å². The van der Waals surface area contributed by atoms with Gasteiger partial charge in [0.2, 0.25) is 0 Å². The Morgan fingerprint density at radius 1 is 1.22 bits per heavy atom. The molecule has 4 aliphatic rings. The van der Waals surface area contributed by atoms with Crippen LogP contribution in [0.2, 0.25) is 0 Å². The van der Waals surface area contributed by atoms with Crippen molar-refractivity contribution in [1.29, 1.82) is 0 Å². The van der Waals surface area contributed by atoms with Crippen LogP contribution in [0.3, 0.4) is 0 Å². The SMILES string of the molecule is CC(=O)O[C@H]1[C@@H](O)[C@H]2C3=CC[C@@H](c4ccoc4)[C@]3(C)CC[C@@H]2[C@@]2(C)CCC(=O)C(C)(C)[C@@H]12. The largest absolute Gasteiger partial charge is 0.472 e. The minimum absolute atomic E-state index is 0.0456. The molecule has 0 aromatic carbocycles. The zero-order chi connectivity index (χ0) is 23.1. The summed E-state index contributed by atoms with van der Waals surface area (Å²) in [6.45, 7) is 9.99. The zero-order valence-corrected chi connectivity index (χ0v) is 19.9. The first-order chi connectivity index (χ1) is 15.0. The van der Waals surface area contributed by atoms with E-state index in [1.54, 1.807) is 6.26 Å². The van der Waals surface area contributed by atoms with Gasteiger partial charge in [-0.2, -0.15) is 0 Å². The summed E-state index contributed by atoms with van der Waals surface area (Å²) in [6.07, 6.45) is 8.79. The van der Waals surface area contributed by atoms with Crippen molar-refractivity contribution < 1.29 is 23.8 Å². The molecule has 5 rings (SSSR count). The fourth-order valence-electron chi connectivity index (χ4n) is 8.56. The van der Waals surface area contributed by atoms with Gasteiger partial charge in [-0.25, -0.2) is 0 Å². The summed E-state index contributed by atoms with van der Waals surface area (Å²) < 4.78 is 11.3. The maximum absolute atomic E-state index is 13.0. The van der Waals surface area contributed by atoms with Gasteiger partial charge in [-0.15, -0.1) is 0 Å². The molecule has 0 bridgehead atoms. The Morgan fingerprint density at radius 2 is 1.97 bits per heavy atom. The molecular weight excluding hydrogens is 404 g/mol. The summed E-state index contributed by atoms with van der Waals surface area (Å²) >= 11 is 0. The van der Waals surface area contributed by atoms with E-state index in [9.17, 15) is 14.7 Å². The van der Waals surface area contributed by atoms with Crippen LogP contribution >= 0.6 is 0 Å². The smallest absolute Gasteiger partial charge is 0.303 e. The number of carbonyl (C=O) groups excluding carboxylic acids is 2. The summed E-state index contributed by atoms with van der Waals surface area (Å²) in [5.74, 6) is 0.186. The van der Waals surface area contributed by atoms with Gasteiger partial charge < -0.3 is 14.3 Å². The fourth-order valence-corrected chi connectivity index (χ4v) is 8.56. The number of Topliss-reactive ketones (excluding diaryl/α,β-unsaturated/α-hetero) is 1. The average Bonchev–Trinajstić information content (AvgIpc) is 3.35. The molecule has 1 heterocycles. The summed E-state index contributed by atoms with van der Waals surface area (Å²) in [7, 11) is 0. The Balaban J connectivity index is 1.59. The normalized spacial score (nSPS) is 44.8. The molecule has 8 atom stereocenters. The number of ether oxygens (including phenoxy) is 1. The molecule has 1 N–H and O–H groups in total. The van der Waals surface area contributed by atoms with Gasteiger partial charge in [0.15, 0.2) is 0 Å². The minimum atomic E-state index is -0.805. The van der Waals surface area contributed by atoms with E-state index in [4.69, 9.17) is 9.15 Å². The lowest BCUT2D eigenvalue weighted by Crippen LogP contribution is -2.67. The highest BCUT2D eigenvalue weighted by molar-refractivity contribution is 5.85. The van der Waals surface area contributed by atoms with E-state index >= 15 is 0 Å². The second-order valence-electron chi connectivity index (χ2n) is 11.8. The second kappa shape index (κ2) is 7.06. The molecule has 0 spiro atoms. The van der Waals surface area contributed by atoms with Crippen molar-refractivity contribution in [3.8, 4) is 0 Å². The molecule has 0 amide bonds. The number of carbonyl (C=O) groups is 2. The fraction of sp³-hybridized carbons (Fsp3) is 0.704. The van der Waals surface area contributed by atoms with Crippen molar-refractivity contribution in [1.82, 2.24) is 0 Å². The highest BCUT2D eigenvalue weighted by Crippen LogP contribution is 2.69. The van der Waals surface area contributed by atoms with E-state index in [2.05, 4.69) is 26.0 Å². The number of hydrogen-bond donors (Lipinski definition) is 1. The van der Waals surface area contributed by atoms with E-state index in [1.807, 2.05) is 20.1 Å². The van der Waals surface area contributed by atoms with Crippen LogP contribution in [0.1, 0.15) is 78.2 Å². The first-order valence-corrected chi connectivity index (χ1v) is 12.1. The number of esters is 1. The minimum Gasteiger partial charge on any atom is -0.472 e. The maximum Gasteiger partial charge on any atom is 0.303 e. The van der Waals surface area contributed by atoms with Crippen molar-refractivity contribution in [2.45, 2.75) is 84.8 Å². The lowest BCUT2D eigenvalue weighted by atomic mass is 9.40. The van der Waals surface area contributed by atoms with Crippen LogP contribution in [0.15, 0.2) is 34.7 Å². The van der Waals surface area contributed by atoms with E-state index < -0.39 is 17.6 Å². The second-order valence-corrected chi connectivity index (χ2v) is 11.8. The molecule has 1 aromatic rings. The Bertz CT molecular complexity index is 959. The maximum atomic E-state index is 13.0. The number of furan rings is 1. The predicted molar refractivity (Wildman–Crippen MR) is 120 cm³/mol. The van der Waals surface area contributed by atoms with Crippen LogP contribution in [0.5, 0.6) is 0 Å². The number of fused-ring (bicyclic) bond motifs is 5. The van der Waals surface area contributed by atoms with E-state index in [0.29, 0.717) is 12.3 Å². The topological polar surface area (TPSA) is 76.7 Å². The number of ketones is 1. The molecule has 0 aliphatic heterocycles. The van der Waals surface area contributed by atoms with Gasteiger partial charge in [-0.1, -0.05) is 39.3 Å². The van der Waals surface area contributed by atoms with E-state index in [-0.39, 0.29) is 40.3 Å². The van der Waals surface area contributed by atoms with Crippen LogP contribution in [-0.2, 0) is 14.3 Å². The molecule has 1 aromatic heterocycles. The van der Waals surface area contributed by atoms with Gasteiger partial charge in [0.25, 0.3) is 0 Å². The standard InChI is InChI=1S/C27H36O5/c1-15(28)32-23-22(30)21-18-7-6-17(16-10-13-31-14-16)26(18,4)11-8-19(21)27(5)12-9-20(29)25(2,3)24(23)27/h7,10,13-14,17,19,21-24,30H,6,8-9,11-12H2,1-5H3/t17-,19-,21-,22-,23-,24+,26-,27+/m0/s1.